The molecular formula is C20H23N5O. The molecule has 0 spiro atoms. The Morgan fingerprint density at radius 2 is 1.92 bits per heavy atom. The van der Waals surface area contributed by atoms with Gasteiger partial charge in [-0.1, -0.05) is 12.1 Å². The third-order valence-corrected chi connectivity index (χ3v) is 5.31. The first-order chi connectivity index (χ1) is 12.6. The van der Waals surface area contributed by atoms with Gasteiger partial charge in [0.15, 0.2) is 0 Å². The van der Waals surface area contributed by atoms with Gasteiger partial charge in [0, 0.05) is 60.6 Å². The highest BCUT2D eigenvalue weighted by molar-refractivity contribution is 6.02. The Balaban J connectivity index is 1.45. The number of amides is 2. The van der Waals surface area contributed by atoms with Crippen LogP contribution < -0.4 is 5.32 Å². The molecule has 0 aliphatic carbocycles. The van der Waals surface area contributed by atoms with Gasteiger partial charge in [0.05, 0.1) is 5.69 Å². The molecule has 0 atom stereocenters. The van der Waals surface area contributed by atoms with E-state index < -0.39 is 0 Å². The summed E-state index contributed by atoms with van der Waals surface area (Å²) in [6.07, 6.45) is 5.55. The van der Waals surface area contributed by atoms with Crippen LogP contribution in [0.1, 0.15) is 30.1 Å². The SMILES string of the molecule is Cc1nccc2c(NC(=O)N3CCC(c4ccnn4C)CC3)cccc12. The first-order valence-electron chi connectivity index (χ1n) is 9.01. The predicted octanol–water partition coefficient (Wildman–Crippen LogP) is 3.69. The first-order valence-corrected chi connectivity index (χ1v) is 9.01. The number of rotatable bonds is 2. The van der Waals surface area contributed by atoms with Gasteiger partial charge >= 0.3 is 6.03 Å². The van der Waals surface area contributed by atoms with E-state index in [9.17, 15) is 4.79 Å². The van der Waals surface area contributed by atoms with E-state index in [0.717, 1.165) is 48.1 Å². The average Bonchev–Trinajstić information content (AvgIpc) is 3.09. The van der Waals surface area contributed by atoms with Crippen LogP contribution in [0.3, 0.4) is 0 Å². The molecule has 2 amide bonds. The van der Waals surface area contributed by atoms with Gasteiger partial charge in [-0.2, -0.15) is 5.10 Å². The minimum absolute atomic E-state index is 0.0320. The molecule has 6 nitrogen and oxygen atoms in total. The summed E-state index contributed by atoms with van der Waals surface area (Å²) < 4.78 is 1.94. The number of likely N-dealkylation sites (tertiary alicyclic amines) is 1. The van der Waals surface area contributed by atoms with Gasteiger partial charge in [-0.05, 0) is 38.0 Å². The number of fused-ring (bicyclic) bond motifs is 1. The molecule has 0 saturated carbocycles. The fraction of sp³-hybridized carbons (Fsp3) is 0.350. The molecular weight excluding hydrogens is 326 g/mol. The van der Waals surface area contributed by atoms with Crippen molar-refractivity contribution in [2.24, 2.45) is 7.05 Å². The molecule has 26 heavy (non-hydrogen) atoms. The topological polar surface area (TPSA) is 63.1 Å². The van der Waals surface area contributed by atoms with E-state index in [-0.39, 0.29) is 6.03 Å². The van der Waals surface area contributed by atoms with Crippen molar-refractivity contribution < 1.29 is 4.79 Å². The summed E-state index contributed by atoms with van der Waals surface area (Å²) in [4.78, 5) is 19.0. The van der Waals surface area contributed by atoms with E-state index in [0.29, 0.717) is 5.92 Å². The minimum atomic E-state index is -0.0320. The molecule has 1 saturated heterocycles. The summed E-state index contributed by atoms with van der Waals surface area (Å²) in [5.41, 5.74) is 3.06. The van der Waals surface area contributed by atoms with Gasteiger partial charge in [-0.25, -0.2) is 4.79 Å². The van der Waals surface area contributed by atoms with Crippen molar-refractivity contribution in [3.63, 3.8) is 0 Å². The number of nitrogens with zero attached hydrogens (tertiary/aromatic N) is 4. The lowest BCUT2D eigenvalue weighted by Crippen LogP contribution is -2.40. The molecule has 1 aliphatic rings. The summed E-state index contributed by atoms with van der Waals surface area (Å²) in [5, 5.41) is 9.44. The molecule has 0 radical (unpaired) electrons. The molecule has 3 heterocycles. The number of urea groups is 1. The highest BCUT2D eigenvalue weighted by Crippen LogP contribution is 2.29. The second-order valence-corrected chi connectivity index (χ2v) is 6.87. The van der Waals surface area contributed by atoms with E-state index in [2.05, 4.69) is 21.5 Å². The lowest BCUT2D eigenvalue weighted by atomic mass is 9.93. The number of aromatic nitrogens is 3. The second-order valence-electron chi connectivity index (χ2n) is 6.87. The monoisotopic (exact) mass is 349 g/mol. The smallest absolute Gasteiger partial charge is 0.321 e. The maximum atomic E-state index is 12.7. The number of aryl methyl sites for hydroxylation is 2. The number of hydrogen-bond acceptors (Lipinski definition) is 3. The molecule has 0 bridgehead atoms. The first kappa shape index (κ1) is 16.6. The van der Waals surface area contributed by atoms with E-state index >= 15 is 0 Å². The lowest BCUT2D eigenvalue weighted by molar-refractivity contribution is 0.193. The Morgan fingerprint density at radius 1 is 1.12 bits per heavy atom. The fourth-order valence-electron chi connectivity index (χ4n) is 3.82. The van der Waals surface area contributed by atoms with Gasteiger partial charge in [0.2, 0.25) is 0 Å². The molecule has 2 aromatic heterocycles. The third kappa shape index (κ3) is 3.03. The van der Waals surface area contributed by atoms with Crippen LogP contribution in [0.5, 0.6) is 0 Å². The van der Waals surface area contributed by atoms with Crippen LogP contribution in [-0.2, 0) is 7.05 Å². The van der Waals surface area contributed by atoms with E-state index in [1.807, 2.05) is 54.0 Å². The predicted molar refractivity (Wildman–Crippen MR) is 102 cm³/mol. The molecule has 1 aromatic carbocycles. The minimum Gasteiger partial charge on any atom is -0.324 e. The maximum absolute atomic E-state index is 12.7. The van der Waals surface area contributed by atoms with E-state index in [1.165, 1.54) is 5.69 Å². The standard InChI is InChI=1S/C20H23N5O/c1-14-16-4-3-5-18(17(16)6-10-21-14)23-20(26)25-12-8-15(9-13-25)19-7-11-22-24(19)2/h3-7,10-11,15H,8-9,12-13H2,1-2H3,(H,23,26). The van der Waals surface area contributed by atoms with Crippen LogP contribution in [0.4, 0.5) is 10.5 Å². The Bertz CT molecular complexity index is 940. The quantitative estimate of drug-likeness (QED) is 0.767. The average molecular weight is 349 g/mol. The molecule has 0 unspecified atom stereocenters. The molecule has 1 aliphatic heterocycles. The zero-order chi connectivity index (χ0) is 18.1. The molecule has 4 rings (SSSR count). The zero-order valence-corrected chi connectivity index (χ0v) is 15.1. The van der Waals surface area contributed by atoms with Crippen molar-refractivity contribution >= 4 is 22.5 Å². The van der Waals surface area contributed by atoms with Crippen molar-refractivity contribution in [3.05, 3.63) is 54.1 Å². The van der Waals surface area contributed by atoms with E-state index in [1.54, 1.807) is 6.20 Å². The van der Waals surface area contributed by atoms with Crippen molar-refractivity contribution in [2.75, 3.05) is 18.4 Å². The summed E-state index contributed by atoms with van der Waals surface area (Å²) in [6, 6.07) is 9.94. The normalized spacial score (nSPS) is 15.4. The van der Waals surface area contributed by atoms with Gasteiger partial charge < -0.3 is 10.2 Å². The zero-order valence-electron chi connectivity index (χ0n) is 15.1. The van der Waals surface area contributed by atoms with Crippen molar-refractivity contribution in [3.8, 4) is 0 Å². The number of carbonyl (C=O) groups excluding carboxylic acids is 1. The molecule has 6 heteroatoms. The second kappa shape index (κ2) is 6.78. The third-order valence-electron chi connectivity index (χ3n) is 5.31. The molecule has 1 N–H and O–H groups in total. The van der Waals surface area contributed by atoms with Crippen LogP contribution >= 0.6 is 0 Å². The van der Waals surface area contributed by atoms with Gasteiger partial charge in [-0.3, -0.25) is 9.67 Å². The Morgan fingerprint density at radius 3 is 2.65 bits per heavy atom. The highest BCUT2D eigenvalue weighted by Gasteiger charge is 2.25. The number of piperidine rings is 1. The largest absolute Gasteiger partial charge is 0.324 e. The summed E-state index contributed by atoms with van der Waals surface area (Å²) >= 11 is 0. The number of pyridine rings is 1. The molecule has 1 fully saturated rings. The van der Waals surface area contributed by atoms with Crippen LogP contribution in [0.2, 0.25) is 0 Å². The lowest BCUT2D eigenvalue weighted by Gasteiger charge is -2.32. The number of carbonyl (C=O) groups is 1. The maximum Gasteiger partial charge on any atom is 0.321 e. The summed E-state index contributed by atoms with van der Waals surface area (Å²) in [5.74, 6) is 0.470. The fourth-order valence-corrected chi connectivity index (χ4v) is 3.82. The molecule has 3 aromatic rings. The Hall–Kier alpha value is -2.89. The van der Waals surface area contributed by atoms with Gasteiger partial charge in [-0.15, -0.1) is 0 Å². The Kier molecular flexibility index (Phi) is 4.32. The molecule has 134 valence electrons. The van der Waals surface area contributed by atoms with E-state index in [4.69, 9.17) is 0 Å². The van der Waals surface area contributed by atoms with Crippen LogP contribution in [0.25, 0.3) is 10.8 Å². The van der Waals surface area contributed by atoms with Crippen molar-refractivity contribution in [2.45, 2.75) is 25.7 Å². The number of nitrogens with one attached hydrogen (secondary N) is 1. The van der Waals surface area contributed by atoms with Gasteiger partial charge in [0.1, 0.15) is 0 Å². The van der Waals surface area contributed by atoms with Gasteiger partial charge in [0.25, 0.3) is 0 Å². The number of anilines is 1. The summed E-state index contributed by atoms with van der Waals surface area (Å²) in [7, 11) is 1.98. The summed E-state index contributed by atoms with van der Waals surface area (Å²) in [6.45, 7) is 3.50. The van der Waals surface area contributed by atoms with Crippen molar-refractivity contribution in [1.82, 2.24) is 19.7 Å². The highest BCUT2D eigenvalue weighted by atomic mass is 16.2. The Labute approximate surface area is 152 Å². The van der Waals surface area contributed by atoms with Crippen molar-refractivity contribution in [1.29, 1.82) is 0 Å². The van der Waals surface area contributed by atoms with Crippen LogP contribution in [0.15, 0.2) is 42.7 Å². The number of hydrogen-bond donors (Lipinski definition) is 1. The van der Waals surface area contributed by atoms with Crippen LogP contribution in [-0.4, -0.2) is 38.8 Å². The number of benzene rings is 1. The van der Waals surface area contributed by atoms with Crippen LogP contribution in [0, 0.1) is 6.92 Å².